The van der Waals surface area contributed by atoms with Crippen molar-refractivity contribution < 1.29 is 42.2 Å². The Morgan fingerprint density at radius 1 is 1.02 bits per heavy atom. The summed E-state index contributed by atoms with van der Waals surface area (Å²) in [7, 11) is -4.03. The molecule has 4 N–H and O–H groups in total. The molecule has 4 heterocycles. The van der Waals surface area contributed by atoms with Crippen LogP contribution in [-0.4, -0.2) is 98.3 Å². The lowest BCUT2D eigenvalue weighted by molar-refractivity contribution is -0.142. The molecule has 4 aliphatic rings. The van der Waals surface area contributed by atoms with Gasteiger partial charge in [0.1, 0.15) is 40.9 Å². The van der Waals surface area contributed by atoms with Crippen molar-refractivity contribution in [1.82, 2.24) is 35.2 Å². The van der Waals surface area contributed by atoms with Crippen LogP contribution in [0.5, 0.6) is 11.5 Å². The second kappa shape index (κ2) is 16.8. The zero-order valence-corrected chi connectivity index (χ0v) is 35.3. The predicted molar refractivity (Wildman–Crippen MR) is 221 cm³/mol. The van der Waals surface area contributed by atoms with Crippen LogP contribution in [-0.2, 0) is 24.4 Å². The third-order valence-electron chi connectivity index (χ3n) is 11.9. The number of nitrogens with one attached hydrogen (secondary N) is 3. The van der Waals surface area contributed by atoms with E-state index in [1.54, 1.807) is 37.5 Å². The standard InChI is InChI=1S/C43H53N7O9S/c1-25(2)58-30-13-11-28(12-14-30)33-20-31(21-34(46-33)37-44-17-8-18-45-37)59-32-22-35-38(51)48-43(40(53)49-60(56,57)42(5)15-16-42)23-29(43)10-7-6-9-26(3)19-27(4)36(47-41(54)55)39(52)50(35)24-32/h7-8,10-14,17-18,20-21,25-27,29,32,35-36,47H,6,9,15-16,19,22-24H2,1-5H3,(H,48,51)(H,49,53)(H,54,55)/b10-7-/t26-,27+,29+,32+,35-,36-,43+/m0/s1. The summed E-state index contributed by atoms with van der Waals surface area (Å²) in [5.41, 5.74) is 0.133. The summed E-state index contributed by atoms with van der Waals surface area (Å²) in [6, 6.07) is 10.1. The van der Waals surface area contributed by atoms with Crippen molar-refractivity contribution in [2.24, 2.45) is 17.8 Å². The number of carbonyl (C=O) groups is 4. The van der Waals surface area contributed by atoms with Gasteiger partial charge in [0.05, 0.1) is 23.1 Å². The number of ether oxygens (including phenoxy) is 2. The quantitative estimate of drug-likeness (QED) is 0.201. The predicted octanol–water partition coefficient (Wildman–Crippen LogP) is 4.86. The molecule has 60 heavy (non-hydrogen) atoms. The van der Waals surface area contributed by atoms with Gasteiger partial charge in [0.15, 0.2) is 5.82 Å². The minimum absolute atomic E-state index is 0.0126. The SMILES string of the molecule is CC(C)Oc1ccc(-c2cc(O[C@@H]3C[C@H]4C(=O)N[C@]5(C(=O)NS(=O)(=O)C6(C)CC6)C[C@H]5/C=C\CC[C@H](C)C[C@@H](C)[C@H](NC(=O)O)C(=O)N4C3)cc(-c3ncccn3)n2)cc1. The first-order valence-corrected chi connectivity index (χ1v) is 22.0. The van der Waals surface area contributed by atoms with Gasteiger partial charge in [-0.25, -0.2) is 28.2 Å². The summed E-state index contributed by atoms with van der Waals surface area (Å²) in [6.45, 7) is 9.20. The summed E-state index contributed by atoms with van der Waals surface area (Å²) in [6.07, 6.45) is 7.66. The molecule has 0 radical (unpaired) electrons. The number of hydrogen-bond acceptors (Lipinski definition) is 11. The highest BCUT2D eigenvalue weighted by Gasteiger charge is 2.63. The van der Waals surface area contributed by atoms with E-state index in [-0.39, 0.29) is 31.4 Å². The molecule has 16 nitrogen and oxygen atoms in total. The van der Waals surface area contributed by atoms with Crippen molar-refractivity contribution in [1.29, 1.82) is 0 Å². The van der Waals surface area contributed by atoms with Crippen LogP contribution in [0.4, 0.5) is 4.79 Å². The van der Waals surface area contributed by atoms with Gasteiger partial charge in [0.2, 0.25) is 21.8 Å². The number of sulfonamides is 1. The van der Waals surface area contributed by atoms with Crippen LogP contribution in [0.2, 0.25) is 0 Å². The van der Waals surface area contributed by atoms with Crippen LogP contribution in [0, 0.1) is 17.8 Å². The normalized spacial score (nSPS) is 28.2. The lowest BCUT2D eigenvalue weighted by Gasteiger charge is -2.32. The summed E-state index contributed by atoms with van der Waals surface area (Å²) >= 11 is 0. The minimum Gasteiger partial charge on any atom is -0.491 e. The molecule has 0 unspecified atom stereocenters. The number of carboxylic acid groups (broad SMARTS) is 1. The van der Waals surface area contributed by atoms with Crippen molar-refractivity contribution >= 4 is 33.8 Å². The number of pyridine rings is 1. The molecule has 1 aromatic carbocycles. The number of hydrogen-bond donors (Lipinski definition) is 4. The molecule has 3 fully saturated rings. The van der Waals surface area contributed by atoms with E-state index in [9.17, 15) is 32.7 Å². The lowest BCUT2D eigenvalue weighted by atomic mass is 9.88. The molecule has 2 aliphatic carbocycles. The van der Waals surface area contributed by atoms with Crippen molar-refractivity contribution in [2.75, 3.05) is 6.54 Å². The number of allylic oxidation sites excluding steroid dienone is 1. The molecule has 3 aromatic rings. The van der Waals surface area contributed by atoms with E-state index in [2.05, 4.69) is 25.3 Å². The molecule has 1 saturated heterocycles. The van der Waals surface area contributed by atoms with Crippen LogP contribution in [0.25, 0.3) is 22.8 Å². The number of rotatable bonds is 10. The van der Waals surface area contributed by atoms with E-state index in [1.807, 2.05) is 64.1 Å². The monoisotopic (exact) mass is 843 g/mol. The van der Waals surface area contributed by atoms with Gasteiger partial charge in [0, 0.05) is 42.4 Å². The fraction of sp³-hybridized carbons (Fsp3) is 0.512. The largest absolute Gasteiger partial charge is 0.491 e. The Hall–Kier alpha value is -5.58. The summed E-state index contributed by atoms with van der Waals surface area (Å²) in [5, 5.41) is 15.2. The van der Waals surface area contributed by atoms with Crippen LogP contribution < -0.4 is 24.8 Å². The van der Waals surface area contributed by atoms with Crippen molar-refractivity contribution in [3.05, 3.63) is 67.0 Å². The average molecular weight is 844 g/mol. The number of benzene rings is 1. The Morgan fingerprint density at radius 3 is 2.38 bits per heavy atom. The minimum atomic E-state index is -4.03. The van der Waals surface area contributed by atoms with Gasteiger partial charge in [-0.05, 0) is 101 Å². The van der Waals surface area contributed by atoms with Gasteiger partial charge in [0.25, 0.3) is 5.91 Å². The number of fused-ring (bicyclic) bond motifs is 2. The summed E-state index contributed by atoms with van der Waals surface area (Å²) < 4.78 is 40.1. The fourth-order valence-corrected chi connectivity index (χ4v) is 9.48. The molecule has 2 aliphatic heterocycles. The first-order valence-electron chi connectivity index (χ1n) is 20.6. The van der Waals surface area contributed by atoms with Crippen LogP contribution in [0.15, 0.2) is 67.0 Å². The van der Waals surface area contributed by atoms with Crippen LogP contribution in [0.3, 0.4) is 0 Å². The Labute approximate surface area is 350 Å². The highest BCUT2D eigenvalue weighted by Crippen LogP contribution is 2.47. The zero-order valence-electron chi connectivity index (χ0n) is 34.5. The Kier molecular flexibility index (Phi) is 11.9. The lowest BCUT2D eigenvalue weighted by Crippen LogP contribution is -2.59. The second-order valence-electron chi connectivity index (χ2n) is 17.2. The Balaban J connectivity index is 1.23. The number of carbonyl (C=O) groups excluding carboxylic acids is 3. The molecule has 7 atom stereocenters. The van der Waals surface area contributed by atoms with E-state index in [4.69, 9.17) is 14.5 Å². The molecule has 320 valence electrons. The fourth-order valence-electron chi connectivity index (χ4n) is 8.17. The number of amides is 4. The van der Waals surface area contributed by atoms with Crippen molar-refractivity contribution in [2.45, 2.75) is 114 Å². The molecule has 4 amide bonds. The molecule has 2 aromatic heterocycles. The van der Waals surface area contributed by atoms with Crippen LogP contribution >= 0.6 is 0 Å². The van der Waals surface area contributed by atoms with Gasteiger partial charge < -0.3 is 30.1 Å². The topological polar surface area (TPSA) is 219 Å². The van der Waals surface area contributed by atoms with Gasteiger partial charge in [-0.15, -0.1) is 0 Å². The van der Waals surface area contributed by atoms with Crippen LogP contribution in [0.1, 0.15) is 79.6 Å². The van der Waals surface area contributed by atoms with Crippen molar-refractivity contribution in [3.8, 4) is 34.3 Å². The maximum atomic E-state index is 14.6. The molecule has 2 saturated carbocycles. The highest BCUT2D eigenvalue weighted by molar-refractivity contribution is 7.91. The first-order chi connectivity index (χ1) is 28.5. The highest BCUT2D eigenvalue weighted by atomic mass is 32.2. The van der Waals surface area contributed by atoms with E-state index in [1.165, 1.54) is 4.90 Å². The van der Waals surface area contributed by atoms with E-state index >= 15 is 0 Å². The third kappa shape index (κ3) is 9.25. The smallest absolute Gasteiger partial charge is 0.405 e. The molecule has 0 bridgehead atoms. The molecule has 17 heteroatoms. The van der Waals surface area contributed by atoms with E-state index in [0.29, 0.717) is 54.4 Å². The number of nitrogens with zero attached hydrogens (tertiary/aromatic N) is 4. The maximum Gasteiger partial charge on any atom is 0.405 e. The summed E-state index contributed by atoms with van der Waals surface area (Å²) in [4.78, 5) is 70.1. The molecule has 0 spiro atoms. The molecular formula is C43H53N7O9S. The average Bonchev–Trinajstić information content (AvgIpc) is 4.08. The molecular weight excluding hydrogens is 791 g/mol. The Bertz CT molecular complexity index is 2250. The van der Waals surface area contributed by atoms with Gasteiger partial charge in [-0.1, -0.05) is 26.0 Å². The van der Waals surface area contributed by atoms with E-state index < -0.39 is 74.1 Å². The van der Waals surface area contributed by atoms with Gasteiger partial charge in [-0.3, -0.25) is 19.1 Å². The maximum absolute atomic E-state index is 14.6. The zero-order chi connectivity index (χ0) is 43.0. The Morgan fingerprint density at radius 2 is 1.72 bits per heavy atom. The van der Waals surface area contributed by atoms with Gasteiger partial charge in [-0.2, -0.15) is 0 Å². The van der Waals surface area contributed by atoms with Gasteiger partial charge >= 0.3 is 6.09 Å². The third-order valence-corrected chi connectivity index (χ3v) is 14.1. The molecule has 7 rings (SSSR count). The van der Waals surface area contributed by atoms with E-state index in [0.717, 1.165) is 12.0 Å². The first kappa shape index (κ1) is 42.5. The van der Waals surface area contributed by atoms with Crippen molar-refractivity contribution in [3.63, 3.8) is 0 Å². The second-order valence-corrected chi connectivity index (χ2v) is 19.4. The summed E-state index contributed by atoms with van der Waals surface area (Å²) in [5.74, 6) is -1.55. The number of aromatic nitrogens is 3.